The van der Waals surface area contributed by atoms with Crippen molar-refractivity contribution in [3.8, 4) is 5.75 Å². The van der Waals surface area contributed by atoms with E-state index in [1.807, 2.05) is 0 Å². The zero-order chi connectivity index (χ0) is 22.1. The summed E-state index contributed by atoms with van der Waals surface area (Å²) < 4.78 is 6.43. The molecule has 0 atom stereocenters. The molecule has 2 N–H and O–H groups in total. The number of carbonyl (C=O) groups excluding carboxylic acids is 1. The van der Waals surface area contributed by atoms with Crippen molar-refractivity contribution in [1.82, 2.24) is 5.32 Å². The molecule has 0 heterocycles. The Morgan fingerprint density at radius 3 is 2.63 bits per heavy atom. The number of amides is 1. The summed E-state index contributed by atoms with van der Waals surface area (Å²) >= 11 is 8.61. The maximum Gasteiger partial charge on any atom is 0.271 e. The predicted octanol–water partition coefficient (Wildman–Crippen LogP) is 5.75. The summed E-state index contributed by atoms with van der Waals surface area (Å²) in [5, 5.41) is 16.4. The molecule has 0 aliphatic heterocycles. The molecule has 2 rings (SSSR count). The monoisotopic (exact) mass is 493 g/mol. The Morgan fingerprint density at radius 1 is 1.20 bits per heavy atom. The first-order valence-electron chi connectivity index (χ1n) is 9.61. The first kappa shape index (κ1) is 23.8. The van der Waals surface area contributed by atoms with Gasteiger partial charge in [-0.2, -0.15) is 0 Å². The van der Waals surface area contributed by atoms with Crippen LogP contribution in [-0.2, 0) is 0 Å². The number of aryl methyl sites for hydroxylation is 1. The minimum Gasteiger partial charge on any atom is -0.492 e. The average Bonchev–Trinajstić information content (AvgIpc) is 2.70. The number of anilines is 1. The van der Waals surface area contributed by atoms with E-state index in [1.165, 1.54) is 25.0 Å². The van der Waals surface area contributed by atoms with Gasteiger partial charge >= 0.3 is 0 Å². The summed E-state index contributed by atoms with van der Waals surface area (Å²) in [6.45, 7) is 4.57. The highest BCUT2D eigenvalue weighted by molar-refractivity contribution is 9.10. The Kier molecular flexibility index (Phi) is 9.19. The van der Waals surface area contributed by atoms with Gasteiger partial charge in [0.1, 0.15) is 5.75 Å². The molecule has 0 aromatic heterocycles. The smallest absolute Gasteiger partial charge is 0.271 e. The van der Waals surface area contributed by atoms with Crippen molar-refractivity contribution in [2.24, 2.45) is 0 Å². The summed E-state index contributed by atoms with van der Waals surface area (Å²) in [5.74, 6) is 0.279. The van der Waals surface area contributed by atoms with Crippen LogP contribution in [0, 0.1) is 17.0 Å². The van der Waals surface area contributed by atoms with Gasteiger partial charge in [-0.05, 0) is 65.3 Å². The topological polar surface area (TPSA) is 93.5 Å². The number of nitro benzene ring substituents is 1. The fourth-order valence-electron chi connectivity index (χ4n) is 2.66. The van der Waals surface area contributed by atoms with Crippen LogP contribution < -0.4 is 15.4 Å². The molecule has 0 radical (unpaired) electrons. The van der Waals surface area contributed by atoms with Crippen LogP contribution in [-0.4, -0.2) is 22.5 Å². The van der Waals surface area contributed by atoms with E-state index in [4.69, 9.17) is 17.0 Å². The van der Waals surface area contributed by atoms with E-state index in [0.29, 0.717) is 28.1 Å². The van der Waals surface area contributed by atoms with Gasteiger partial charge in [0.05, 0.1) is 16.0 Å². The number of halogens is 1. The van der Waals surface area contributed by atoms with Gasteiger partial charge in [-0.3, -0.25) is 20.2 Å². The number of nitrogens with one attached hydrogen (secondary N) is 2. The van der Waals surface area contributed by atoms with Crippen LogP contribution in [0.25, 0.3) is 0 Å². The molecule has 0 unspecified atom stereocenters. The first-order valence-corrected chi connectivity index (χ1v) is 10.8. The lowest BCUT2D eigenvalue weighted by Crippen LogP contribution is -2.34. The number of rotatable bonds is 9. The number of hydrogen-bond acceptors (Lipinski definition) is 5. The molecule has 0 saturated heterocycles. The molecule has 0 aliphatic carbocycles. The lowest BCUT2D eigenvalue weighted by atomic mass is 10.2. The predicted molar refractivity (Wildman–Crippen MR) is 125 cm³/mol. The molecule has 0 aliphatic rings. The maximum atomic E-state index is 12.5. The van der Waals surface area contributed by atoms with Crippen molar-refractivity contribution in [2.75, 3.05) is 11.9 Å². The van der Waals surface area contributed by atoms with Gasteiger partial charge in [-0.1, -0.05) is 32.3 Å². The van der Waals surface area contributed by atoms with Gasteiger partial charge in [0, 0.05) is 23.4 Å². The first-order chi connectivity index (χ1) is 14.3. The average molecular weight is 494 g/mol. The molecule has 7 nitrogen and oxygen atoms in total. The molecule has 0 bridgehead atoms. The van der Waals surface area contributed by atoms with E-state index < -0.39 is 10.8 Å². The van der Waals surface area contributed by atoms with Crippen molar-refractivity contribution >= 4 is 50.5 Å². The zero-order valence-corrected chi connectivity index (χ0v) is 19.3. The molecule has 0 spiro atoms. The van der Waals surface area contributed by atoms with Crippen LogP contribution in [0.4, 0.5) is 11.4 Å². The number of carbonyl (C=O) groups is 1. The second kappa shape index (κ2) is 11.6. The standard InChI is InChI=1S/C21H24BrN3O4S/c1-3-4-5-6-11-29-19-10-8-15(12-17(19)22)20(26)24-21(30)23-18-13-16(25(27)28)9-7-14(18)2/h7-10,12-13H,3-6,11H2,1-2H3,(H2,23,24,26,30). The lowest BCUT2D eigenvalue weighted by molar-refractivity contribution is -0.384. The quantitative estimate of drug-likeness (QED) is 0.200. The molecular formula is C21H24BrN3O4S. The number of nitro groups is 1. The molecule has 2 aromatic rings. The lowest BCUT2D eigenvalue weighted by Gasteiger charge is -2.13. The zero-order valence-electron chi connectivity index (χ0n) is 16.9. The van der Waals surface area contributed by atoms with Crippen molar-refractivity contribution in [2.45, 2.75) is 39.5 Å². The Balaban J connectivity index is 1.95. The van der Waals surface area contributed by atoms with E-state index >= 15 is 0 Å². The summed E-state index contributed by atoms with van der Waals surface area (Å²) in [6.07, 6.45) is 4.47. The third-order valence-corrected chi connectivity index (χ3v) is 5.18. The number of non-ortho nitro benzene ring substituents is 1. The van der Waals surface area contributed by atoms with E-state index in [-0.39, 0.29) is 10.8 Å². The van der Waals surface area contributed by atoms with Crippen molar-refractivity contribution in [1.29, 1.82) is 0 Å². The van der Waals surface area contributed by atoms with Crippen LogP contribution in [0.15, 0.2) is 40.9 Å². The van der Waals surface area contributed by atoms with Gasteiger partial charge in [-0.15, -0.1) is 0 Å². The molecule has 30 heavy (non-hydrogen) atoms. The molecular weight excluding hydrogens is 470 g/mol. The van der Waals surface area contributed by atoms with Gasteiger partial charge < -0.3 is 10.1 Å². The second-order valence-corrected chi connectivity index (χ2v) is 7.98. The summed E-state index contributed by atoms with van der Waals surface area (Å²) in [5.41, 5.74) is 1.56. The van der Waals surface area contributed by atoms with Crippen LogP contribution in [0.3, 0.4) is 0 Å². The summed E-state index contributed by atoms with van der Waals surface area (Å²) in [4.78, 5) is 22.9. The van der Waals surface area contributed by atoms with Gasteiger partial charge in [-0.25, -0.2) is 0 Å². The van der Waals surface area contributed by atoms with Crippen molar-refractivity contribution in [3.05, 3.63) is 62.1 Å². The summed E-state index contributed by atoms with van der Waals surface area (Å²) in [7, 11) is 0. The molecule has 2 aromatic carbocycles. The van der Waals surface area contributed by atoms with Crippen LogP contribution in [0.2, 0.25) is 0 Å². The number of nitrogens with zero attached hydrogens (tertiary/aromatic N) is 1. The minimum absolute atomic E-state index is 0.0518. The fourth-order valence-corrected chi connectivity index (χ4v) is 3.35. The van der Waals surface area contributed by atoms with Crippen LogP contribution in [0.1, 0.15) is 48.5 Å². The molecule has 0 saturated carbocycles. The fraction of sp³-hybridized carbons (Fsp3) is 0.333. The Labute approximate surface area is 189 Å². The van der Waals surface area contributed by atoms with E-state index in [2.05, 4.69) is 33.5 Å². The SMILES string of the molecule is CCCCCCOc1ccc(C(=O)NC(=S)Nc2cc([N+](=O)[O-])ccc2C)cc1Br. The van der Waals surface area contributed by atoms with E-state index in [1.54, 1.807) is 31.2 Å². The van der Waals surface area contributed by atoms with Gasteiger partial charge in [0.15, 0.2) is 5.11 Å². The third-order valence-electron chi connectivity index (χ3n) is 4.36. The normalized spacial score (nSPS) is 10.4. The highest BCUT2D eigenvalue weighted by atomic mass is 79.9. The largest absolute Gasteiger partial charge is 0.492 e. The molecule has 160 valence electrons. The number of thiocarbonyl (C=S) groups is 1. The highest BCUT2D eigenvalue weighted by Gasteiger charge is 2.13. The van der Waals surface area contributed by atoms with Crippen molar-refractivity contribution in [3.63, 3.8) is 0 Å². The molecule has 0 fully saturated rings. The molecule has 1 amide bonds. The maximum absolute atomic E-state index is 12.5. The Hall–Kier alpha value is -2.52. The van der Waals surface area contributed by atoms with Crippen LogP contribution >= 0.6 is 28.1 Å². The number of hydrogen-bond donors (Lipinski definition) is 2. The Morgan fingerprint density at radius 2 is 1.97 bits per heavy atom. The van der Waals surface area contributed by atoms with E-state index in [9.17, 15) is 14.9 Å². The van der Waals surface area contributed by atoms with Crippen LogP contribution in [0.5, 0.6) is 5.75 Å². The van der Waals surface area contributed by atoms with Gasteiger partial charge in [0.2, 0.25) is 0 Å². The number of ether oxygens (including phenoxy) is 1. The molecule has 9 heteroatoms. The van der Waals surface area contributed by atoms with Crippen molar-refractivity contribution < 1.29 is 14.5 Å². The minimum atomic E-state index is -0.489. The number of unbranched alkanes of at least 4 members (excludes halogenated alkanes) is 3. The number of benzene rings is 2. The Bertz CT molecular complexity index is 936. The summed E-state index contributed by atoms with van der Waals surface area (Å²) in [6, 6.07) is 9.45. The second-order valence-electron chi connectivity index (χ2n) is 6.72. The van der Waals surface area contributed by atoms with Gasteiger partial charge in [0.25, 0.3) is 11.6 Å². The third kappa shape index (κ3) is 7.07. The highest BCUT2D eigenvalue weighted by Crippen LogP contribution is 2.26. The van der Waals surface area contributed by atoms with E-state index in [0.717, 1.165) is 18.4 Å².